The lowest BCUT2D eigenvalue weighted by molar-refractivity contribution is -0.133. The second kappa shape index (κ2) is 6.87. The first-order valence-electron chi connectivity index (χ1n) is 5.95. The van der Waals surface area contributed by atoms with Crippen LogP contribution in [-0.2, 0) is 16.1 Å². The van der Waals surface area contributed by atoms with Gasteiger partial charge in [0.25, 0.3) is 5.56 Å². The lowest BCUT2D eigenvalue weighted by Gasteiger charge is -2.10. The van der Waals surface area contributed by atoms with Crippen molar-refractivity contribution in [1.29, 1.82) is 0 Å². The number of aliphatic carboxylic acids is 1. The van der Waals surface area contributed by atoms with Crippen LogP contribution >= 0.6 is 23.1 Å². The third-order valence-corrected chi connectivity index (χ3v) is 4.37. The highest BCUT2D eigenvalue weighted by Gasteiger charge is 2.13. The van der Waals surface area contributed by atoms with Crippen molar-refractivity contribution >= 4 is 39.3 Å². The van der Waals surface area contributed by atoms with E-state index in [0.717, 1.165) is 11.8 Å². The average Bonchev–Trinajstić information content (AvgIpc) is 2.87. The number of fused-ring (bicyclic) bond motifs is 1. The molecule has 0 radical (unpaired) electrons. The number of ether oxygens (including phenoxy) is 1. The minimum atomic E-state index is -0.932. The molecular formula is C12H14N2O4S2. The van der Waals surface area contributed by atoms with Crippen LogP contribution < -0.4 is 5.56 Å². The molecule has 0 unspecified atom stereocenters. The molecule has 2 heterocycles. The largest absolute Gasteiger partial charge is 0.481 e. The fourth-order valence-corrected chi connectivity index (χ4v) is 3.28. The van der Waals surface area contributed by atoms with Crippen molar-refractivity contribution in [3.8, 4) is 0 Å². The van der Waals surface area contributed by atoms with Crippen LogP contribution in [-0.4, -0.2) is 40.1 Å². The molecule has 20 heavy (non-hydrogen) atoms. The van der Waals surface area contributed by atoms with Crippen LogP contribution in [0.15, 0.2) is 21.4 Å². The number of carboxylic acids is 1. The van der Waals surface area contributed by atoms with Gasteiger partial charge >= 0.3 is 5.97 Å². The van der Waals surface area contributed by atoms with E-state index in [1.165, 1.54) is 15.9 Å². The summed E-state index contributed by atoms with van der Waals surface area (Å²) in [6.07, 6.45) is 0.675. The summed E-state index contributed by atoms with van der Waals surface area (Å²) in [7, 11) is 1.60. The molecule has 0 bridgehead atoms. The van der Waals surface area contributed by atoms with Crippen molar-refractivity contribution in [2.45, 2.75) is 18.1 Å². The molecule has 6 nitrogen and oxygen atoms in total. The molecule has 0 saturated heterocycles. The number of hydrogen-bond donors (Lipinski definition) is 1. The zero-order chi connectivity index (χ0) is 14.5. The van der Waals surface area contributed by atoms with E-state index >= 15 is 0 Å². The Morgan fingerprint density at radius 2 is 2.40 bits per heavy atom. The van der Waals surface area contributed by atoms with E-state index < -0.39 is 5.97 Å². The molecule has 0 aliphatic carbocycles. The summed E-state index contributed by atoms with van der Waals surface area (Å²) in [6.45, 7) is 1.00. The number of thiophene rings is 1. The standard InChI is InChI=1S/C12H14N2O4S2/c1-18-5-2-4-14-11(17)8-3-6-19-10(8)13-12(14)20-7-9(15)16/h3,6H,2,4-5,7H2,1H3,(H,15,16). The molecule has 0 aromatic carbocycles. The van der Waals surface area contributed by atoms with Gasteiger partial charge in [-0.05, 0) is 17.9 Å². The molecule has 0 spiro atoms. The monoisotopic (exact) mass is 314 g/mol. The smallest absolute Gasteiger partial charge is 0.313 e. The van der Waals surface area contributed by atoms with Crippen molar-refractivity contribution in [2.75, 3.05) is 19.5 Å². The van der Waals surface area contributed by atoms with Crippen molar-refractivity contribution in [2.24, 2.45) is 0 Å². The minimum absolute atomic E-state index is 0.117. The van der Waals surface area contributed by atoms with Gasteiger partial charge in [-0.2, -0.15) is 0 Å². The summed E-state index contributed by atoms with van der Waals surface area (Å²) in [5.74, 6) is -1.05. The fraction of sp³-hybridized carbons (Fsp3) is 0.417. The molecule has 0 aliphatic rings. The highest BCUT2D eigenvalue weighted by Crippen LogP contribution is 2.21. The topological polar surface area (TPSA) is 81.4 Å². The van der Waals surface area contributed by atoms with Crippen LogP contribution in [0.1, 0.15) is 6.42 Å². The Labute approximate surface area is 123 Å². The van der Waals surface area contributed by atoms with Crippen molar-refractivity contribution in [3.63, 3.8) is 0 Å². The van der Waals surface area contributed by atoms with Crippen molar-refractivity contribution < 1.29 is 14.6 Å². The predicted molar refractivity (Wildman–Crippen MR) is 78.7 cm³/mol. The molecule has 0 saturated carbocycles. The summed E-state index contributed by atoms with van der Waals surface area (Å²) < 4.78 is 6.51. The Hall–Kier alpha value is -1.38. The summed E-state index contributed by atoms with van der Waals surface area (Å²) in [5, 5.41) is 11.6. The Balaban J connectivity index is 2.37. The zero-order valence-electron chi connectivity index (χ0n) is 10.9. The quantitative estimate of drug-likeness (QED) is 0.476. The second-order valence-electron chi connectivity index (χ2n) is 4.02. The Kier molecular flexibility index (Phi) is 5.16. The third-order valence-electron chi connectivity index (χ3n) is 2.60. The number of nitrogens with zero attached hydrogens (tertiary/aromatic N) is 2. The van der Waals surface area contributed by atoms with Gasteiger partial charge in [0.1, 0.15) is 4.83 Å². The molecule has 8 heteroatoms. The second-order valence-corrected chi connectivity index (χ2v) is 5.86. The first-order chi connectivity index (χ1) is 9.63. The summed E-state index contributed by atoms with van der Waals surface area (Å²) in [5.41, 5.74) is -0.125. The Morgan fingerprint density at radius 1 is 1.60 bits per heavy atom. The lowest BCUT2D eigenvalue weighted by atomic mass is 10.4. The van der Waals surface area contributed by atoms with Crippen LogP contribution in [0.25, 0.3) is 10.2 Å². The van der Waals surface area contributed by atoms with E-state index in [1.54, 1.807) is 13.2 Å². The molecule has 108 valence electrons. The average molecular weight is 314 g/mol. The van der Waals surface area contributed by atoms with Crippen LogP contribution in [0.2, 0.25) is 0 Å². The minimum Gasteiger partial charge on any atom is -0.481 e. The molecule has 1 N–H and O–H groups in total. The summed E-state index contributed by atoms with van der Waals surface area (Å²) >= 11 is 2.44. The SMILES string of the molecule is COCCCn1c(SCC(=O)O)nc2sccc2c1=O. The van der Waals surface area contributed by atoms with Crippen LogP contribution in [0.5, 0.6) is 0 Å². The highest BCUT2D eigenvalue weighted by molar-refractivity contribution is 7.99. The number of rotatable bonds is 7. The van der Waals surface area contributed by atoms with Gasteiger partial charge in [-0.1, -0.05) is 11.8 Å². The van der Waals surface area contributed by atoms with E-state index in [0.29, 0.717) is 34.9 Å². The number of thioether (sulfide) groups is 1. The van der Waals surface area contributed by atoms with Crippen molar-refractivity contribution in [3.05, 3.63) is 21.8 Å². The third kappa shape index (κ3) is 3.38. The number of carbonyl (C=O) groups is 1. The summed E-state index contributed by atoms with van der Waals surface area (Å²) in [6, 6.07) is 1.74. The Morgan fingerprint density at radius 3 is 3.10 bits per heavy atom. The van der Waals surface area contributed by atoms with Gasteiger partial charge in [0.15, 0.2) is 5.16 Å². The highest BCUT2D eigenvalue weighted by atomic mass is 32.2. The Bertz CT molecular complexity index is 665. The van der Waals surface area contributed by atoms with Gasteiger partial charge in [-0.15, -0.1) is 11.3 Å². The normalized spacial score (nSPS) is 11.1. The maximum Gasteiger partial charge on any atom is 0.313 e. The number of hydrogen-bond acceptors (Lipinski definition) is 6. The first-order valence-corrected chi connectivity index (χ1v) is 7.81. The van der Waals surface area contributed by atoms with Gasteiger partial charge in [-0.3, -0.25) is 14.2 Å². The predicted octanol–water partition coefficient (Wildman–Crippen LogP) is 1.67. The van der Waals surface area contributed by atoms with Crippen LogP contribution in [0.3, 0.4) is 0 Å². The fourth-order valence-electron chi connectivity index (χ4n) is 1.73. The summed E-state index contributed by atoms with van der Waals surface area (Å²) in [4.78, 5) is 28.1. The number of aromatic nitrogens is 2. The maximum atomic E-state index is 12.4. The zero-order valence-corrected chi connectivity index (χ0v) is 12.5. The van der Waals surface area contributed by atoms with Gasteiger partial charge in [0.05, 0.1) is 11.1 Å². The molecule has 0 fully saturated rings. The molecule has 0 amide bonds. The van der Waals surface area contributed by atoms with E-state index in [2.05, 4.69) is 4.98 Å². The molecular weight excluding hydrogens is 300 g/mol. The number of carboxylic acid groups (broad SMARTS) is 1. The number of methoxy groups -OCH3 is 1. The molecule has 0 atom stereocenters. The van der Waals surface area contributed by atoms with Gasteiger partial charge in [0, 0.05) is 20.3 Å². The first kappa shape index (κ1) is 15.0. The van der Waals surface area contributed by atoms with Crippen molar-refractivity contribution in [1.82, 2.24) is 9.55 Å². The molecule has 0 aliphatic heterocycles. The van der Waals surface area contributed by atoms with Crippen LogP contribution in [0.4, 0.5) is 0 Å². The van der Waals surface area contributed by atoms with Gasteiger partial charge in [-0.25, -0.2) is 4.98 Å². The maximum absolute atomic E-state index is 12.4. The van der Waals surface area contributed by atoms with Crippen LogP contribution in [0, 0.1) is 0 Å². The van der Waals surface area contributed by atoms with E-state index in [1.807, 2.05) is 5.38 Å². The van der Waals surface area contributed by atoms with Gasteiger partial charge < -0.3 is 9.84 Å². The molecule has 2 rings (SSSR count). The molecule has 2 aromatic rings. The lowest BCUT2D eigenvalue weighted by Crippen LogP contribution is -2.23. The van der Waals surface area contributed by atoms with Gasteiger partial charge in [0.2, 0.25) is 0 Å². The van der Waals surface area contributed by atoms with E-state index in [-0.39, 0.29) is 11.3 Å². The van der Waals surface area contributed by atoms with E-state index in [9.17, 15) is 9.59 Å². The molecule has 2 aromatic heterocycles. The van der Waals surface area contributed by atoms with E-state index in [4.69, 9.17) is 9.84 Å².